The molecule has 104 valence electrons. The van der Waals surface area contributed by atoms with Gasteiger partial charge in [0.15, 0.2) is 5.79 Å². The van der Waals surface area contributed by atoms with Crippen LogP contribution in [0.5, 0.6) is 0 Å². The van der Waals surface area contributed by atoms with Crippen LogP contribution >= 0.6 is 0 Å². The lowest BCUT2D eigenvalue weighted by Crippen LogP contribution is -2.44. The number of likely N-dealkylation sites (N-methyl/N-ethyl adjacent to an activating group) is 1. The summed E-state index contributed by atoms with van der Waals surface area (Å²) in [4.78, 5) is 2.48. The molecule has 0 amide bonds. The maximum absolute atomic E-state index is 5.78. The summed E-state index contributed by atoms with van der Waals surface area (Å²) >= 11 is 0. The Bertz CT molecular complexity index is 262. The standard InChI is InChI=1S/C14H25NO3/c1-15(11-13-3-2-8-16-13)12-4-6-14(7-5-12)17-9-10-18-14/h12-13H,2-11H2,1H3. The van der Waals surface area contributed by atoms with Gasteiger partial charge in [0.2, 0.25) is 0 Å². The lowest BCUT2D eigenvalue weighted by atomic mass is 9.89. The van der Waals surface area contributed by atoms with Crippen LogP contribution in [0.3, 0.4) is 0 Å². The number of nitrogens with zero attached hydrogens (tertiary/aromatic N) is 1. The molecule has 4 heteroatoms. The third-order valence-corrected chi connectivity index (χ3v) is 4.67. The van der Waals surface area contributed by atoms with E-state index >= 15 is 0 Å². The van der Waals surface area contributed by atoms with Gasteiger partial charge in [-0.15, -0.1) is 0 Å². The third-order valence-electron chi connectivity index (χ3n) is 4.67. The van der Waals surface area contributed by atoms with Crippen molar-refractivity contribution in [2.75, 3.05) is 33.4 Å². The van der Waals surface area contributed by atoms with E-state index in [-0.39, 0.29) is 5.79 Å². The SMILES string of the molecule is CN(CC1CCCO1)C1CCC2(CC1)OCCO2. The molecule has 4 nitrogen and oxygen atoms in total. The molecular formula is C14H25NO3. The third kappa shape index (κ3) is 2.72. The average Bonchev–Trinajstić information content (AvgIpc) is 3.03. The van der Waals surface area contributed by atoms with E-state index in [1.807, 2.05) is 0 Å². The molecule has 0 N–H and O–H groups in total. The minimum absolute atomic E-state index is 0.221. The van der Waals surface area contributed by atoms with E-state index in [0.717, 1.165) is 39.2 Å². The molecule has 1 spiro atoms. The van der Waals surface area contributed by atoms with Crippen LogP contribution in [-0.4, -0.2) is 56.2 Å². The predicted molar refractivity (Wildman–Crippen MR) is 68.5 cm³/mol. The van der Waals surface area contributed by atoms with Gasteiger partial charge >= 0.3 is 0 Å². The van der Waals surface area contributed by atoms with Gasteiger partial charge in [0.1, 0.15) is 0 Å². The Labute approximate surface area is 110 Å². The van der Waals surface area contributed by atoms with Crippen molar-refractivity contribution >= 4 is 0 Å². The van der Waals surface area contributed by atoms with Gasteiger partial charge in [0.25, 0.3) is 0 Å². The Morgan fingerprint density at radius 3 is 2.39 bits per heavy atom. The Balaban J connectivity index is 1.46. The smallest absolute Gasteiger partial charge is 0.168 e. The van der Waals surface area contributed by atoms with Crippen LogP contribution in [0.4, 0.5) is 0 Å². The molecule has 0 aromatic carbocycles. The van der Waals surface area contributed by atoms with Crippen molar-refractivity contribution in [2.24, 2.45) is 0 Å². The normalized spacial score (nSPS) is 32.7. The summed E-state index contributed by atoms with van der Waals surface area (Å²) < 4.78 is 17.3. The van der Waals surface area contributed by atoms with Gasteiger partial charge in [-0.05, 0) is 32.7 Å². The van der Waals surface area contributed by atoms with Crippen LogP contribution in [0.15, 0.2) is 0 Å². The zero-order chi connectivity index (χ0) is 12.4. The van der Waals surface area contributed by atoms with Crippen LogP contribution in [0.1, 0.15) is 38.5 Å². The largest absolute Gasteiger partial charge is 0.377 e. The maximum Gasteiger partial charge on any atom is 0.168 e. The molecule has 1 unspecified atom stereocenters. The number of hydrogen-bond acceptors (Lipinski definition) is 4. The fourth-order valence-corrected chi connectivity index (χ4v) is 3.53. The zero-order valence-corrected chi connectivity index (χ0v) is 11.4. The summed E-state index contributed by atoms with van der Waals surface area (Å²) in [5.41, 5.74) is 0. The van der Waals surface area contributed by atoms with E-state index in [0.29, 0.717) is 12.1 Å². The Morgan fingerprint density at radius 1 is 1.06 bits per heavy atom. The quantitative estimate of drug-likeness (QED) is 0.769. The molecule has 3 aliphatic rings. The first-order chi connectivity index (χ1) is 8.77. The molecule has 0 bridgehead atoms. The molecule has 0 aromatic rings. The van der Waals surface area contributed by atoms with Crippen molar-refractivity contribution in [2.45, 2.75) is 56.5 Å². The minimum atomic E-state index is -0.221. The minimum Gasteiger partial charge on any atom is -0.377 e. The highest BCUT2D eigenvalue weighted by atomic mass is 16.7. The zero-order valence-electron chi connectivity index (χ0n) is 11.4. The summed E-state index contributed by atoms with van der Waals surface area (Å²) in [5.74, 6) is -0.221. The Kier molecular flexibility index (Phi) is 3.89. The van der Waals surface area contributed by atoms with Gasteiger partial charge in [-0.1, -0.05) is 0 Å². The van der Waals surface area contributed by atoms with Crippen molar-refractivity contribution in [3.63, 3.8) is 0 Å². The van der Waals surface area contributed by atoms with Crippen LogP contribution in [0.2, 0.25) is 0 Å². The molecule has 2 saturated heterocycles. The molecule has 3 rings (SSSR count). The highest BCUT2D eigenvalue weighted by molar-refractivity contribution is 4.86. The van der Waals surface area contributed by atoms with E-state index in [1.165, 1.54) is 25.7 Å². The Hall–Kier alpha value is -0.160. The molecule has 2 heterocycles. The van der Waals surface area contributed by atoms with Gasteiger partial charge in [0, 0.05) is 32.0 Å². The van der Waals surface area contributed by atoms with Crippen LogP contribution in [-0.2, 0) is 14.2 Å². The fourth-order valence-electron chi connectivity index (χ4n) is 3.53. The molecule has 0 radical (unpaired) electrons. The molecule has 1 saturated carbocycles. The molecule has 1 atom stereocenters. The molecule has 0 aromatic heterocycles. The Morgan fingerprint density at radius 2 is 1.78 bits per heavy atom. The molecule has 18 heavy (non-hydrogen) atoms. The van der Waals surface area contributed by atoms with Gasteiger partial charge in [-0.2, -0.15) is 0 Å². The second kappa shape index (κ2) is 5.45. The summed E-state index contributed by atoms with van der Waals surface area (Å²) in [6.45, 7) is 3.58. The van der Waals surface area contributed by atoms with Crippen molar-refractivity contribution in [1.29, 1.82) is 0 Å². The van der Waals surface area contributed by atoms with Crippen molar-refractivity contribution in [1.82, 2.24) is 4.90 Å². The van der Waals surface area contributed by atoms with Crippen molar-refractivity contribution in [3.8, 4) is 0 Å². The highest BCUT2D eigenvalue weighted by Gasteiger charge is 2.41. The second-order valence-corrected chi connectivity index (χ2v) is 5.91. The van der Waals surface area contributed by atoms with Crippen LogP contribution in [0.25, 0.3) is 0 Å². The first-order valence-electron chi connectivity index (χ1n) is 7.37. The number of ether oxygens (including phenoxy) is 3. The monoisotopic (exact) mass is 255 g/mol. The van der Waals surface area contributed by atoms with E-state index < -0.39 is 0 Å². The van der Waals surface area contributed by atoms with Crippen molar-refractivity contribution < 1.29 is 14.2 Å². The predicted octanol–water partition coefficient (Wildman–Crippen LogP) is 1.78. The van der Waals surface area contributed by atoms with E-state index in [2.05, 4.69) is 11.9 Å². The highest BCUT2D eigenvalue weighted by Crippen LogP contribution is 2.37. The van der Waals surface area contributed by atoms with E-state index in [9.17, 15) is 0 Å². The molecule has 2 aliphatic heterocycles. The van der Waals surface area contributed by atoms with Gasteiger partial charge < -0.3 is 19.1 Å². The lowest BCUT2D eigenvalue weighted by molar-refractivity contribution is -0.183. The molecule has 1 aliphatic carbocycles. The number of rotatable bonds is 3. The van der Waals surface area contributed by atoms with E-state index in [1.54, 1.807) is 0 Å². The van der Waals surface area contributed by atoms with Crippen LogP contribution < -0.4 is 0 Å². The van der Waals surface area contributed by atoms with Gasteiger partial charge in [0.05, 0.1) is 19.3 Å². The van der Waals surface area contributed by atoms with Crippen molar-refractivity contribution in [3.05, 3.63) is 0 Å². The summed E-state index contributed by atoms with van der Waals surface area (Å²) in [7, 11) is 2.24. The number of hydrogen-bond donors (Lipinski definition) is 0. The first-order valence-corrected chi connectivity index (χ1v) is 7.37. The van der Waals surface area contributed by atoms with E-state index in [4.69, 9.17) is 14.2 Å². The van der Waals surface area contributed by atoms with Gasteiger partial charge in [-0.3, -0.25) is 0 Å². The second-order valence-electron chi connectivity index (χ2n) is 5.91. The first kappa shape index (κ1) is 12.9. The van der Waals surface area contributed by atoms with Gasteiger partial charge in [-0.25, -0.2) is 0 Å². The molecular weight excluding hydrogens is 230 g/mol. The summed E-state index contributed by atoms with van der Waals surface area (Å²) in [5, 5.41) is 0. The molecule has 3 fully saturated rings. The topological polar surface area (TPSA) is 30.9 Å². The van der Waals surface area contributed by atoms with Crippen LogP contribution in [0, 0.1) is 0 Å². The summed E-state index contributed by atoms with van der Waals surface area (Å²) in [6.07, 6.45) is 7.39. The summed E-state index contributed by atoms with van der Waals surface area (Å²) in [6, 6.07) is 0.674. The maximum atomic E-state index is 5.78. The fraction of sp³-hybridized carbons (Fsp3) is 1.00. The lowest BCUT2D eigenvalue weighted by Gasteiger charge is -2.39. The average molecular weight is 255 g/mol.